The predicted octanol–water partition coefficient (Wildman–Crippen LogP) is 3.82. The third-order valence-corrected chi connectivity index (χ3v) is 4.55. The topological polar surface area (TPSA) is 72.6 Å². The molecule has 5 heteroatoms. The Morgan fingerprint density at radius 2 is 1.68 bits per heavy atom. The number of hydrogen-bond acceptors (Lipinski definition) is 3. The Balaban J connectivity index is 1.98. The van der Waals surface area contributed by atoms with E-state index in [1.807, 2.05) is 42.5 Å². The van der Waals surface area contributed by atoms with E-state index in [4.69, 9.17) is 10.5 Å². The summed E-state index contributed by atoms with van der Waals surface area (Å²) in [5.41, 5.74) is 7.01. The maximum Gasteiger partial charge on any atom is 0.253 e. The van der Waals surface area contributed by atoms with E-state index in [9.17, 15) is 9.59 Å². The van der Waals surface area contributed by atoms with Gasteiger partial charge in [0.2, 0.25) is 5.91 Å². The number of ether oxygens (including phenoxy) is 1. The number of primary amides is 1. The summed E-state index contributed by atoms with van der Waals surface area (Å²) in [7, 11) is 0. The number of rotatable bonds is 12. The van der Waals surface area contributed by atoms with Gasteiger partial charge in [0.05, 0.1) is 6.61 Å². The van der Waals surface area contributed by atoms with Crippen LogP contribution in [0.5, 0.6) is 5.75 Å². The molecule has 0 radical (unpaired) electrons. The van der Waals surface area contributed by atoms with Gasteiger partial charge in [-0.15, -0.1) is 0 Å². The highest BCUT2D eigenvalue weighted by molar-refractivity contribution is 5.94. The van der Waals surface area contributed by atoms with Crippen molar-refractivity contribution in [2.45, 2.75) is 39.0 Å². The number of unbranched alkanes of at least 4 members (excludes halogenated alkanes) is 2. The molecule has 0 spiro atoms. The monoisotopic (exact) mass is 382 g/mol. The molecule has 0 atom stereocenters. The summed E-state index contributed by atoms with van der Waals surface area (Å²) in [5.74, 6) is 0.253. The van der Waals surface area contributed by atoms with E-state index in [0.717, 1.165) is 37.0 Å². The molecule has 0 bridgehead atoms. The second-order valence-electron chi connectivity index (χ2n) is 6.82. The highest BCUT2D eigenvalue weighted by Gasteiger charge is 2.16. The molecule has 28 heavy (non-hydrogen) atoms. The fraction of sp³-hybridized carbons (Fsp3) is 0.391. The summed E-state index contributed by atoms with van der Waals surface area (Å²) >= 11 is 0. The first-order valence-corrected chi connectivity index (χ1v) is 9.94. The molecule has 2 rings (SSSR count). The quantitative estimate of drug-likeness (QED) is 0.567. The molecule has 0 aliphatic rings. The molecule has 0 saturated carbocycles. The van der Waals surface area contributed by atoms with Crippen LogP contribution in [0.1, 0.15) is 48.5 Å². The van der Waals surface area contributed by atoms with Gasteiger partial charge in [0.1, 0.15) is 5.75 Å². The molecule has 0 aliphatic carbocycles. The van der Waals surface area contributed by atoms with E-state index >= 15 is 0 Å². The van der Waals surface area contributed by atoms with Crippen molar-refractivity contribution in [1.29, 1.82) is 0 Å². The summed E-state index contributed by atoms with van der Waals surface area (Å²) in [6, 6.07) is 17.2. The minimum absolute atomic E-state index is 0.102. The van der Waals surface area contributed by atoms with Gasteiger partial charge in [-0.3, -0.25) is 9.59 Å². The molecule has 0 heterocycles. The van der Waals surface area contributed by atoms with Gasteiger partial charge >= 0.3 is 0 Å². The van der Waals surface area contributed by atoms with E-state index in [1.54, 1.807) is 17.0 Å². The van der Waals surface area contributed by atoms with Gasteiger partial charge in [-0.25, -0.2) is 0 Å². The van der Waals surface area contributed by atoms with Gasteiger partial charge in [0.15, 0.2) is 0 Å². The normalized spacial score (nSPS) is 10.5. The SMILES string of the molecule is CCCCCOc1ccc(C(=O)N(CCC(N)=O)CCc2ccccc2)cc1. The van der Waals surface area contributed by atoms with Gasteiger partial charge in [-0.2, -0.15) is 0 Å². The lowest BCUT2D eigenvalue weighted by atomic mass is 10.1. The van der Waals surface area contributed by atoms with Crippen molar-refractivity contribution in [2.75, 3.05) is 19.7 Å². The molecule has 0 aromatic heterocycles. The maximum atomic E-state index is 12.9. The smallest absolute Gasteiger partial charge is 0.253 e. The van der Waals surface area contributed by atoms with Gasteiger partial charge in [0, 0.05) is 25.1 Å². The zero-order valence-corrected chi connectivity index (χ0v) is 16.6. The summed E-state index contributed by atoms with van der Waals surface area (Å²) in [5, 5.41) is 0. The molecule has 2 amide bonds. The van der Waals surface area contributed by atoms with Crippen LogP contribution < -0.4 is 10.5 Å². The zero-order chi connectivity index (χ0) is 20.2. The fourth-order valence-electron chi connectivity index (χ4n) is 2.89. The van der Waals surface area contributed by atoms with Crippen LogP contribution >= 0.6 is 0 Å². The highest BCUT2D eigenvalue weighted by atomic mass is 16.5. The van der Waals surface area contributed by atoms with Gasteiger partial charge in [-0.1, -0.05) is 50.1 Å². The first-order valence-electron chi connectivity index (χ1n) is 9.94. The van der Waals surface area contributed by atoms with Crippen molar-refractivity contribution in [2.24, 2.45) is 5.73 Å². The van der Waals surface area contributed by atoms with Crippen LogP contribution in [-0.2, 0) is 11.2 Å². The van der Waals surface area contributed by atoms with E-state index in [0.29, 0.717) is 25.3 Å². The Bertz CT molecular complexity index is 729. The van der Waals surface area contributed by atoms with Gasteiger partial charge in [0.25, 0.3) is 5.91 Å². The van der Waals surface area contributed by atoms with E-state index in [1.165, 1.54) is 0 Å². The number of benzene rings is 2. The molecule has 2 N–H and O–H groups in total. The van der Waals surface area contributed by atoms with Crippen molar-refractivity contribution in [1.82, 2.24) is 4.90 Å². The van der Waals surface area contributed by atoms with Crippen LogP contribution in [0.3, 0.4) is 0 Å². The predicted molar refractivity (Wildman–Crippen MR) is 111 cm³/mol. The third-order valence-electron chi connectivity index (χ3n) is 4.55. The summed E-state index contributed by atoms with van der Waals surface area (Å²) in [6.45, 7) is 3.69. The average molecular weight is 383 g/mol. The van der Waals surface area contributed by atoms with E-state index in [2.05, 4.69) is 6.92 Å². The summed E-state index contributed by atoms with van der Waals surface area (Å²) in [6.07, 6.45) is 4.20. The molecule has 5 nitrogen and oxygen atoms in total. The first kappa shape index (κ1) is 21.5. The number of carbonyl (C=O) groups excluding carboxylic acids is 2. The maximum absolute atomic E-state index is 12.9. The van der Waals surface area contributed by atoms with Crippen molar-refractivity contribution in [3.63, 3.8) is 0 Å². The van der Waals surface area contributed by atoms with Crippen LogP contribution in [0.4, 0.5) is 0 Å². The lowest BCUT2D eigenvalue weighted by Crippen LogP contribution is -2.35. The fourth-order valence-corrected chi connectivity index (χ4v) is 2.89. The first-order chi connectivity index (χ1) is 13.6. The number of nitrogens with zero attached hydrogens (tertiary/aromatic N) is 1. The number of amides is 2. The molecule has 0 fully saturated rings. The zero-order valence-electron chi connectivity index (χ0n) is 16.6. The van der Waals surface area contributed by atoms with Gasteiger partial charge in [-0.05, 0) is 42.7 Å². The van der Waals surface area contributed by atoms with Crippen LogP contribution in [0.15, 0.2) is 54.6 Å². The number of carbonyl (C=O) groups is 2. The molecule has 0 saturated heterocycles. The van der Waals surface area contributed by atoms with Crippen molar-refractivity contribution < 1.29 is 14.3 Å². The molecular weight excluding hydrogens is 352 g/mol. The summed E-state index contributed by atoms with van der Waals surface area (Å²) < 4.78 is 5.70. The molecule has 150 valence electrons. The van der Waals surface area contributed by atoms with E-state index in [-0.39, 0.29) is 12.3 Å². The Kier molecular flexibility index (Phi) is 9.05. The number of nitrogens with two attached hydrogens (primary N) is 1. The second kappa shape index (κ2) is 11.8. The summed E-state index contributed by atoms with van der Waals surface area (Å²) in [4.78, 5) is 25.8. The standard InChI is InChI=1S/C23H30N2O3/c1-2-3-7-18-28-21-12-10-20(11-13-21)23(27)25(17-15-22(24)26)16-14-19-8-5-4-6-9-19/h4-6,8-13H,2-3,7,14-18H2,1H3,(H2,24,26). The van der Waals surface area contributed by atoms with Crippen LogP contribution in [0.25, 0.3) is 0 Å². The molecule has 2 aromatic carbocycles. The lowest BCUT2D eigenvalue weighted by Gasteiger charge is -2.22. The largest absolute Gasteiger partial charge is 0.494 e. The van der Waals surface area contributed by atoms with Crippen LogP contribution in [0.2, 0.25) is 0 Å². The molecule has 0 unspecified atom stereocenters. The second-order valence-corrected chi connectivity index (χ2v) is 6.82. The van der Waals surface area contributed by atoms with Crippen molar-refractivity contribution in [3.8, 4) is 5.75 Å². The van der Waals surface area contributed by atoms with Crippen molar-refractivity contribution in [3.05, 3.63) is 65.7 Å². The Morgan fingerprint density at radius 1 is 0.964 bits per heavy atom. The molecule has 2 aromatic rings. The highest BCUT2D eigenvalue weighted by Crippen LogP contribution is 2.15. The van der Waals surface area contributed by atoms with E-state index < -0.39 is 5.91 Å². The van der Waals surface area contributed by atoms with Crippen molar-refractivity contribution >= 4 is 11.8 Å². The Hall–Kier alpha value is -2.82. The average Bonchev–Trinajstić information content (AvgIpc) is 2.72. The van der Waals surface area contributed by atoms with Crippen LogP contribution in [-0.4, -0.2) is 36.4 Å². The minimum atomic E-state index is -0.409. The third kappa shape index (κ3) is 7.43. The minimum Gasteiger partial charge on any atom is -0.494 e. The Labute approximate surface area is 167 Å². The number of hydrogen-bond donors (Lipinski definition) is 1. The lowest BCUT2D eigenvalue weighted by molar-refractivity contribution is -0.118. The van der Waals surface area contributed by atoms with Gasteiger partial charge < -0.3 is 15.4 Å². The van der Waals surface area contributed by atoms with Crippen LogP contribution in [0, 0.1) is 0 Å². The molecule has 0 aliphatic heterocycles. The Morgan fingerprint density at radius 3 is 2.32 bits per heavy atom. The molecular formula is C23H30N2O3.